The van der Waals surface area contributed by atoms with Gasteiger partial charge in [-0.15, -0.1) is 11.8 Å². The molecule has 6 aromatic rings. The van der Waals surface area contributed by atoms with Crippen molar-refractivity contribution < 1.29 is 14.4 Å². The highest BCUT2D eigenvalue weighted by molar-refractivity contribution is 8.00. The first-order valence-corrected chi connectivity index (χ1v) is 16.9. The van der Waals surface area contributed by atoms with Crippen LogP contribution in [0.1, 0.15) is 26.7 Å². The summed E-state index contributed by atoms with van der Waals surface area (Å²) in [5.41, 5.74) is 3.04. The number of nitrogens with one attached hydrogen (secondary N) is 3. The van der Waals surface area contributed by atoms with Crippen molar-refractivity contribution in [1.82, 2.24) is 5.32 Å². The highest BCUT2D eigenvalue weighted by Gasteiger charge is 2.23. The van der Waals surface area contributed by atoms with Gasteiger partial charge in [-0.3, -0.25) is 14.4 Å². The van der Waals surface area contributed by atoms with E-state index in [9.17, 15) is 14.4 Å². The maximum atomic E-state index is 13.7. The number of benzene rings is 6. The van der Waals surface area contributed by atoms with Crippen LogP contribution in [0, 0.1) is 0 Å². The smallest absolute Gasteiger partial charge is 0.272 e. The van der Waals surface area contributed by atoms with Crippen LogP contribution in [0.5, 0.6) is 0 Å². The fraction of sp³-hybridized carbons (Fsp3) is 0.0250. The Balaban J connectivity index is 1.23. The van der Waals surface area contributed by atoms with Gasteiger partial charge < -0.3 is 16.0 Å². The third-order valence-electron chi connectivity index (χ3n) is 7.57. The first-order valence-electron chi connectivity index (χ1n) is 15.3. The third-order valence-corrected chi connectivity index (χ3v) is 9.65. The Kier molecular flexibility index (Phi) is 10.8. The molecule has 6 aromatic carbocycles. The average Bonchev–Trinajstić information content (AvgIpc) is 3.13. The van der Waals surface area contributed by atoms with Crippen LogP contribution in [0.4, 0.5) is 11.4 Å². The van der Waals surface area contributed by atoms with E-state index >= 15 is 0 Å². The largest absolute Gasteiger partial charge is 0.323 e. The Morgan fingerprint density at radius 2 is 1.31 bits per heavy atom. The van der Waals surface area contributed by atoms with Gasteiger partial charge in [0, 0.05) is 16.1 Å². The Morgan fingerprint density at radius 3 is 2.06 bits per heavy atom. The predicted molar refractivity (Wildman–Crippen MR) is 201 cm³/mol. The molecule has 0 radical (unpaired) electrons. The molecule has 0 fully saturated rings. The summed E-state index contributed by atoms with van der Waals surface area (Å²) >= 11 is 13.9. The standard InChI is InChI=1S/C40H29Cl2N3O3S/c41-33-19-10-20-34(36(33)42)44-40(48)37(27-12-3-1-4-13-27)49-31-23-21-30(22-24-31)43-39(47)35(45-38(46)28-14-5-2-6-15-28)25-29-17-9-16-26-11-7-8-18-32(26)29/h1-25,37H,(H,43,47)(H,44,48)(H,45,46)/b35-25-. The highest BCUT2D eigenvalue weighted by Crippen LogP contribution is 2.38. The number of carbonyl (C=O) groups is 3. The van der Waals surface area contributed by atoms with Crippen LogP contribution in [0.15, 0.2) is 156 Å². The van der Waals surface area contributed by atoms with Gasteiger partial charge >= 0.3 is 0 Å². The van der Waals surface area contributed by atoms with Crippen LogP contribution in [0.25, 0.3) is 16.8 Å². The summed E-state index contributed by atoms with van der Waals surface area (Å²) in [6.45, 7) is 0. The number of amides is 3. The fourth-order valence-corrected chi connectivity index (χ4v) is 6.50. The second-order valence-electron chi connectivity index (χ2n) is 10.9. The molecule has 242 valence electrons. The number of carbonyl (C=O) groups excluding carboxylic acids is 3. The molecular formula is C40H29Cl2N3O3S. The van der Waals surface area contributed by atoms with Crippen molar-refractivity contribution in [2.75, 3.05) is 10.6 Å². The lowest BCUT2D eigenvalue weighted by Crippen LogP contribution is -2.30. The number of fused-ring (bicyclic) bond motifs is 1. The molecule has 3 amide bonds. The molecule has 6 nitrogen and oxygen atoms in total. The van der Waals surface area contributed by atoms with E-state index in [2.05, 4.69) is 16.0 Å². The van der Waals surface area contributed by atoms with Crippen molar-refractivity contribution in [2.24, 2.45) is 0 Å². The average molecular weight is 703 g/mol. The fourth-order valence-electron chi connectivity index (χ4n) is 5.12. The summed E-state index contributed by atoms with van der Waals surface area (Å²) in [6, 6.07) is 44.0. The molecular weight excluding hydrogens is 673 g/mol. The van der Waals surface area contributed by atoms with Gasteiger partial charge in [-0.05, 0) is 76.5 Å². The first kappa shape index (κ1) is 33.6. The van der Waals surface area contributed by atoms with Crippen LogP contribution < -0.4 is 16.0 Å². The maximum absolute atomic E-state index is 13.7. The Hall–Kier alpha value is -5.34. The minimum absolute atomic E-state index is 0.0872. The van der Waals surface area contributed by atoms with Crippen LogP contribution >= 0.6 is 35.0 Å². The van der Waals surface area contributed by atoms with E-state index in [0.717, 1.165) is 26.8 Å². The van der Waals surface area contributed by atoms with Crippen molar-refractivity contribution in [1.29, 1.82) is 0 Å². The molecule has 0 aromatic heterocycles. The van der Waals surface area contributed by atoms with Gasteiger partial charge in [0.15, 0.2) is 0 Å². The zero-order valence-electron chi connectivity index (χ0n) is 25.9. The van der Waals surface area contributed by atoms with Crippen molar-refractivity contribution in [2.45, 2.75) is 10.1 Å². The topological polar surface area (TPSA) is 87.3 Å². The second kappa shape index (κ2) is 15.7. The van der Waals surface area contributed by atoms with E-state index < -0.39 is 17.1 Å². The molecule has 0 spiro atoms. The molecule has 0 saturated heterocycles. The summed E-state index contributed by atoms with van der Waals surface area (Å²) in [5, 5.41) is 10.6. The minimum atomic E-state index is -0.611. The van der Waals surface area contributed by atoms with Crippen LogP contribution in [0.2, 0.25) is 10.0 Å². The molecule has 0 bridgehead atoms. The van der Waals surface area contributed by atoms with Crippen LogP contribution in [-0.4, -0.2) is 17.7 Å². The van der Waals surface area contributed by atoms with Crippen molar-refractivity contribution in [3.63, 3.8) is 0 Å². The zero-order valence-corrected chi connectivity index (χ0v) is 28.2. The zero-order chi connectivity index (χ0) is 34.2. The Labute approximate surface area is 298 Å². The van der Waals surface area contributed by atoms with Gasteiger partial charge in [0.05, 0.1) is 15.7 Å². The molecule has 9 heteroatoms. The Bertz CT molecular complexity index is 2150. The number of anilines is 2. The van der Waals surface area contributed by atoms with Crippen molar-refractivity contribution in [3.05, 3.63) is 178 Å². The normalized spacial score (nSPS) is 11.8. The van der Waals surface area contributed by atoms with Crippen molar-refractivity contribution >= 4 is 80.9 Å². The lowest BCUT2D eigenvalue weighted by Gasteiger charge is -2.18. The monoisotopic (exact) mass is 701 g/mol. The summed E-state index contributed by atoms with van der Waals surface area (Å²) in [6.07, 6.45) is 1.68. The predicted octanol–water partition coefficient (Wildman–Crippen LogP) is 10.0. The Morgan fingerprint density at radius 1 is 0.653 bits per heavy atom. The van der Waals surface area contributed by atoms with E-state index in [4.69, 9.17) is 23.2 Å². The molecule has 0 aliphatic heterocycles. The van der Waals surface area contributed by atoms with Gasteiger partial charge in [-0.25, -0.2) is 0 Å². The van der Waals surface area contributed by atoms with E-state index in [1.54, 1.807) is 60.7 Å². The number of rotatable bonds is 10. The molecule has 1 unspecified atom stereocenters. The molecule has 1 atom stereocenters. The summed E-state index contributed by atoms with van der Waals surface area (Å²) in [5.74, 6) is -1.16. The highest BCUT2D eigenvalue weighted by atomic mass is 35.5. The van der Waals surface area contributed by atoms with Gasteiger partial charge in [0.2, 0.25) is 5.91 Å². The summed E-state index contributed by atoms with van der Waals surface area (Å²) < 4.78 is 0. The number of thioether (sulfide) groups is 1. The maximum Gasteiger partial charge on any atom is 0.272 e. The van der Waals surface area contributed by atoms with E-state index in [1.165, 1.54) is 11.8 Å². The molecule has 49 heavy (non-hydrogen) atoms. The number of hydrogen-bond acceptors (Lipinski definition) is 4. The molecule has 6 rings (SSSR count). The molecule has 0 aliphatic rings. The molecule has 0 aliphatic carbocycles. The minimum Gasteiger partial charge on any atom is -0.323 e. The molecule has 0 heterocycles. The lowest BCUT2D eigenvalue weighted by molar-refractivity contribution is -0.116. The van der Waals surface area contributed by atoms with E-state index in [-0.39, 0.29) is 16.6 Å². The first-order chi connectivity index (χ1) is 23.9. The summed E-state index contributed by atoms with van der Waals surface area (Å²) in [4.78, 5) is 41.2. The quantitative estimate of drug-likeness (QED) is 0.0980. The van der Waals surface area contributed by atoms with Crippen LogP contribution in [0.3, 0.4) is 0 Å². The summed E-state index contributed by atoms with van der Waals surface area (Å²) in [7, 11) is 0. The van der Waals surface area contributed by atoms with Crippen molar-refractivity contribution in [3.8, 4) is 0 Å². The van der Waals surface area contributed by atoms with Gasteiger partial charge in [0.25, 0.3) is 11.8 Å². The van der Waals surface area contributed by atoms with Crippen LogP contribution in [-0.2, 0) is 9.59 Å². The second-order valence-corrected chi connectivity index (χ2v) is 12.9. The lowest BCUT2D eigenvalue weighted by atomic mass is 10.0. The van der Waals surface area contributed by atoms with Gasteiger partial charge in [-0.1, -0.05) is 120 Å². The third kappa shape index (κ3) is 8.39. The van der Waals surface area contributed by atoms with E-state index in [1.807, 2.05) is 91.0 Å². The number of hydrogen-bond donors (Lipinski definition) is 3. The SMILES string of the molecule is O=C(Nc1ccc(SC(C(=O)Nc2cccc(Cl)c2Cl)c2ccccc2)cc1)/C(=C/c1cccc2ccccc12)NC(=O)c1ccccc1. The van der Waals surface area contributed by atoms with Gasteiger partial charge in [0.1, 0.15) is 10.9 Å². The van der Waals surface area contributed by atoms with E-state index in [0.29, 0.717) is 22.0 Å². The molecule has 3 N–H and O–H groups in total. The number of halogens is 2. The molecule has 0 saturated carbocycles. The van der Waals surface area contributed by atoms with Gasteiger partial charge in [-0.2, -0.15) is 0 Å².